The molecule has 0 saturated carbocycles. The lowest BCUT2D eigenvalue weighted by Gasteiger charge is -2.26. The van der Waals surface area contributed by atoms with Gasteiger partial charge < -0.3 is 19.7 Å². The summed E-state index contributed by atoms with van der Waals surface area (Å²) in [5, 5.41) is 13.5. The molecular formula is C19H21N3O5. The van der Waals surface area contributed by atoms with E-state index in [1.807, 2.05) is 12.1 Å². The fourth-order valence-electron chi connectivity index (χ4n) is 3.29. The summed E-state index contributed by atoms with van der Waals surface area (Å²) in [7, 11) is 3.18. The zero-order valence-corrected chi connectivity index (χ0v) is 15.2. The van der Waals surface area contributed by atoms with Crippen LogP contribution in [0.25, 0.3) is 0 Å². The molecule has 1 heterocycles. The van der Waals surface area contributed by atoms with Crippen molar-refractivity contribution in [3.63, 3.8) is 0 Å². The number of hydrogen-bond acceptors (Lipinski definition) is 5. The van der Waals surface area contributed by atoms with E-state index in [1.165, 1.54) is 24.3 Å². The van der Waals surface area contributed by atoms with Crippen LogP contribution in [0, 0.1) is 10.1 Å². The second-order valence-corrected chi connectivity index (χ2v) is 6.19. The summed E-state index contributed by atoms with van der Waals surface area (Å²) in [5.74, 6) is 1.37. The van der Waals surface area contributed by atoms with Crippen molar-refractivity contribution in [2.45, 2.75) is 18.9 Å². The van der Waals surface area contributed by atoms with Crippen molar-refractivity contribution in [1.29, 1.82) is 0 Å². The van der Waals surface area contributed by atoms with Gasteiger partial charge in [0.25, 0.3) is 5.69 Å². The molecule has 1 aliphatic heterocycles. The molecular weight excluding hydrogens is 350 g/mol. The average Bonchev–Trinajstić information content (AvgIpc) is 3.17. The van der Waals surface area contributed by atoms with Crippen LogP contribution < -0.4 is 14.8 Å². The molecule has 27 heavy (non-hydrogen) atoms. The third-order valence-electron chi connectivity index (χ3n) is 4.64. The maximum absolute atomic E-state index is 12.8. The van der Waals surface area contributed by atoms with Crippen LogP contribution in [0.2, 0.25) is 0 Å². The number of ether oxygens (including phenoxy) is 2. The van der Waals surface area contributed by atoms with Gasteiger partial charge in [-0.2, -0.15) is 0 Å². The second kappa shape index (κ2) is 7.94. The minimum absolute atomic E-state index is 0.0185. The highest BCUT2D eigenvalue weighted by atomic mass is 16.6. The van der Waals surface area contributed by atoms with E-state index in [0.29, 0.717) is 23.7 Å². The van der Waals surface area contributed by atoms with Crippen LogP contribution in [0.15, 0.2) is 42.5 Å². The van der Waals surface area contributed by atoms with E-state index in [-0.39, 0.29) is 17.8 Å². The van der Waals surface area contributed by atoms with Crippen LogP contribution in [0.5, 0.6) is 11.5 Å². The van der Waals surface area contributed by atoms with Gasteiger partial charge in [-0.05, 0) is 37.1 Å². The van der Waals surface area contributed by atoms with E-state index < -0.39 is 4.92 Å². The van der Waals surface area contributed by atoms with E-state index in [1.54, 1.807) is 25.2 Å². The zero-order chi connectivity index (χ0) is 19.4. The Hall–Kier alpha value is -3.29. The first kappa shape index (κ1) is 18.5. The van der Waals surface area contributed by atoms with Gasteiger partial charge in [0.2, 0.25) is 0 Å². The standard InChI is InChI=1S/C19H21N3O5/c1-26-15-9-10-16(18(12-15)27-2)17-4-3-11-21(17)19(23)20-13-5-7-14(8-6-13)22(24)25/h5-10,12,17H,3-4,11H2,1-2H3,(H,20,23)/t17-/m1/s1. The van der Waals surface area contributed by atoms with Crippen molar-refractivity contribution < 1.29 is 19.2 Å². The molecule has 0 aromatic heterocycles. The molecule has 0 unspecified atom stereocenters. The average molecular weight is 371 g/mol. The number of hydrogen-bond donors (Lipinski definition) is 1. The second-order valence-electron chi connectivity index (χ2n) is 6.19. The third-order valence-corrected chi connectivity index (χ3v) is 4.64. The molecule has 1 saturated heterocycles. The van der Waals surface area contributed by atoms with Gasteiger partial charge in [-0.3, -0.25) is 10.1 Å². The van der Waals surface area contributed by atoms with Gasteiger partial charge in [0.1, 0.15) is 11.5 Å². The number of nitrogens with zero attached hydrogens (tertiary/aromatic N) is 2. The van der Waals surface area contributed by atoms with E-state index in [9.17, 15) is 14.9 Å². The van der Waals surface area contributed by atoms with E-state index in [0.717, 1.165) is 18.4 Å². The molecule has 1 fully saturated rings. The number of amides is 2. The number of benzene rings is 2. The monoisotopic (exact) mass is 371 g/mol. The first-order valence-corrected chi connectivity index (χ1v) is 8.57. The van der Waals surface area contributed by atoms with E-state index in [4.69, 9.17) is 9.47 Å². The molecule has 3 rings (SSSR count). The number of rotatable bonds is 5. The summed E-state index contributed by atoms with van der Waals surface area (Å²) < 4.78 is 10.7. The first-order valence-electron chi connectivity index (χ1n) is 8.57. The maximum atomic E-state index is 12.8. The number of carbonyl (C=O) groups excluding carboxylic acids is 1. The summed E-state index contributed by atoms with van der Waals surface area (Å²) in [4.78, 5) is 24.8. The van der Waals surface area contributed by atoms with Crippen LogP contribution in [0.4, 0.5) is 16.2 Å². The fraction of sp³-hybridized carbons (Fsp3) is 0.316. The number of anilines is 1. The topological polar surface area (TPSA) is 93.9 Å². The van der Waals surface area contributed by atoms with Gasteiger partial charge in [-0.15, -0.1) is 0 Å². The van der Waals surface area contributed by atoms with Gasteiger partial charge in [0.15, 0.2) is 0 Å². The number of carbonyl (C=O) groups is 1. The number of urea groups is 1. The molecule has 142 valence electrons. The Morgan fingerprint density at radius 2 is 1.93 bits per heavy atom. The maximum Gasteiger partial charge on any atom is 0.322 e. The number of nitrogens with one attached hydrogen (secondary N) is 1. The van der Waals surface area contributed by atoms with Gasteiger partial charge in [-0.1, -0.05) is 0 Å². The lowest BCUT2D eigenvalue weighted by molar-refractivity contribution is -0.384. The quantitative estimate of drug-likeness (QED) is 0.634. The number of non-ortho nitro benzene ring substituents is 1. The highest BCUT2D eigenvalue weighted by molar-refractivity contribution is 5.90. The number of nitro groups is 1. The Labute approximate surface area is 156 Å². The molecule has 2 aromatic rings. The summed E-state index contributed by atoms with van der Waals surface area (Å²) in [6, 6.07) is 11.0. The number of nitro benzene ring substituents is 1. The van der Waals surface area contributed by atoms with Crippen LogP contribution in [-0.2, 0) is 0 Å². The minimum Gasteiger partial charge on any atom is -0.497 e. The smallest absolute Gasteiger partial charge is 0.322 e. The summed E-state index contributed by atoms with van der Waals surface area (Å²) in [6.45, 7) is 0.624. The molecule has 1 N–H and O–H groups in total. The van der Waals surface area contributed by atoms with Crippen molar-refractivity contribution in [2.24, 2.45) is 0 Å². The molecule has 2 amide bonds. The lowest BCUT2D eigenvalue weighted by Crippen LogP contribution is -2.34. The molecule has 8 nitrogen and oxygen atoms in total. The van der Waals surface area contributed by atoms with Crippen LogP contribution in [-0.4, -0.2) is 36.6 Å². The minimum atomic E-state index is -0.474. The molecule has 8 heteroatoms. The molecule has 1 atom stereocenters. The molecule has 0 spiro atoms. The van der Waals surface area contributed by atoms with Crippen LogP contribution in [0.1, 0.15) is 24.4 Å². The Morgan fingerprint density at radius 3 is 2.56 bits per heavy atom. The van der Waals surface area contributed by atoms with Crippen molar-refractivity contribution in [1.82, 2.24) is 4.90 Å². The highest BCUT2D eigenvalue weighted by Gasteiger charge is 2.32. The van der Waals surface area contributed by atoms with Crippen LogP contribution in [0.3, 0.4) is 0 Å². The van der Waals surface area contributed by atoms with E-state index >= 15 is 0 Å². The predicted octanol–water partition coefficient (Wildman–Crippen LogP) is 3.98. The summed E-state index contributed by atoms with van der Waals surface area (Å²) in [5.41, 5.74) is 1.42. The normalized spacial score (nSPS) is 16.1. The molecule has 2 aromatic carbocycles. The zero-order valence-electron chi connectivity index (χ0n) is 15.2. The molecule has 0 bridgehead atoms. The van der Waals surface area contributed by atoms with Crippen molar-refractivity contribution in [3.05, 3.63) is 58.1 Å². The van der Waals surface area contributed by atoms with Crippen molar-refractivity contribution in [2.75, 3.05) is 26.1 Å². The van der Waals surface area contributed by atoms with Gasteiger partial charge in [-0.25, -0.2) is 4.79 Å². The van der Waals surface area contributed by atoms with Gasteiger partial charge in [0.05, 0.1) is 25.2 Å². The summed E-state index contributed by atoms with van der Waals surface area (Å²) >= 11 is 0. The Kier molecular flexibility index (Phi) is 5.44. The Balaban J connectivity index is 1.77. The Bertz CT molecular complexity index is 838. The number of methoxy groups -OCH3 is 2. The van der Waals surface area contributed by atoms with E-state index in [2.05, 4.69) is 5.32 Å². The molecule has 1 aliphatic rings. The largest absolute Gasteiger partial charge is 0.497 e. The summed E-state index contributed by atoms with van der Waals surface area (Å²) in [6.07, 6.45) is 1.71. The SMILES string of the molecule is COc1ccc([C@H]2CCCN2C(=O)Nc2ccc([N+](=O)[O-])cc2)c(OC)c1. The van der Waals surface area contributed by atoms with Crippen LogP contribution >= 0.6 is 0 Å². The fourth-order valence-corrected chi connectivity index (χ4v) is 3.29. The first-order chi connectivity index (χ1) is 13.0. The van der Waals surface area contributed by atoms with Gasteiger partial charge >= 0.3 is 6.03 Å². The van der Waals surface area contributed by atoms with Gasteiger partial charge in [0, 0.05) is 36.0 Å². The number of likely N-dealkylation sites (tertiary alicyclic amines) is 1. The predicted molar refractivity (Wildman–Crippen MR) is 100 cm³/mol. The molecule has 0 radical (unpaired) electrons. The lowest BCUT2D eigenvalue weighted by atomic mass is 10.0. The van der Waals surface area contributed by atoms with Crippen molar-refractivity contribution in [3.8, 4) is 11.5 Å². The highest BCUT2D eigenvalue weighted by Crippen LogP contribution is 2.39. The third kappa shape index (κ3) is 3.94. The molecule has 0 aliphatic carbocycles. The van der Waals surface area contributed by atoms with Crippen molar-refractivity contribution >= 4 is 17.4 Å². The Morgan fingerprint density at radius 1 is 1.19 bits per heavy atom.